The Hall–Kier alpha value is -1.88. The monoisotopic (exact) mass is 383 g/mol. The molecule has 0 aromatic heterocycles. The number of rotatable bonds is 6. The third-order valence-corrected chi connectivity index (χ3v) is 6.74. The molecule has 28 heavy (non-hydrogen) atoms. The highest BCUT2D eigenvalue weighted by molar-refractivity contribution is 5.94. The van der Waals surface area contributed by atoms with Crippen LogP contribution in [-0.4, -0.2) is 60.9 Å². The Balaban J connectivity index is 1.26. The van der Waals surface area contributed by atoms with Crippen molar-refractivity contribution in [1.82, 2.24) is 15.1 Å². The summed E-state index contributed by atoms with van der Waals surface area (Å²) in [6.07, 6.45) is 7.23. The molecule has 3 saturated heterocycles. The Morgan fingerprint density at radius 1 is 1.11 bits per heavy atom. The fourth-order valence-electron chi connectivity index (χ4n) is 4.94. The van der Waals surface area contributed by atoms with Crippen LogP contribution in [-0.2, 0) is 11.2 Å². The van der Waals surface area contributed by atoms with Crippen molar-refractivity contribution < 1.29 is 9.59 Å². The van der Waals surface area contributed by atoms with E-state index in [0.717, 1.165) is 83.4 Å². The first-order valence-electron chi connectivity index (χ1n) is 11.1. The zero-order valence-electron chi connectivity index (χ0n) is 16.9. The molecular formula is C23H33N3O2. The molecule has 3 aliphatic rings. The highest BCUT2D eigenvalue weighted by atomic mass is 16.2. The Morgan fingerprint density at radius 2 is 1.96 bits per heavy atom. The second kappa shape index (κ2) is 9.08. The second-order valence-corrected chi connectivity index (χ2v) is 8.77. The third kappa shape index (κ3) is 4.75. The van der Waals surface area contributed by atoms with Crippen molar-refractivity contribution in [3.8, 4) is 0 Å². The summed E-state index contributed by atoms with van der Waals surface area (Å²) < 4.78 is 0. The van der Waals surface area contributed by atoms with Gasteiger partial charge in [-0.3, -0.25) is 9.59 Å². The van der Waals surface area contributed by atoms with Gasteiger partial charge in [-0.1, -0.05) is 12.1 Å². The van der Waals surface area contributed by atoms with Gasteiger partial charge >= 0.3 is 0 Å². The fourth-order valence-corrected chi connectivity index (χ4v) is 4.94. The molecule has 1 aromatic carbocycles. The van der Waals surface area contributed by atoms with Gasteiger partial charge in [-0.05, 0) is 81.1 Å². The van der Waals surface area contributed by atoms with Crippen molar-refractivity contribution in [3.63, 3.8) is 0 Å². The summed E-state index contributed by atoms with van der Waals surface area (Å²) >= 11 is 0. The van der Waals surface area contributed by atoms with Gasteiger partial charge < -0.3 is 15.1 Å². The molecule has 0 aliphatic carbocycles. The first-order valence-corrected chi connectivity index (χ1v) is 11.1. The van der Waals surface area contributed by atoms with E-state index in [1.54, 1.807) is 0 Å². The van der Waals surface area contributed by atoms with Crippen LogP contribution in [0.25, 0.3) is 0 Å². The third-order valence-electron chi connectivity index (χ3n) is 6.74. The number of likely N-dealkylation sites (tertiary alicyclic amines) is 2. The van der Waals surface area contributed by atoms with Crippen LogP contribution in [0.15, 0.2) is 24.3 Å². The molecule has 0 bridgehead atoms. The summed E-state index contributed by atoms with van der Waals surface area (Å²) in [6, 6.07) is 8.25. The van der Waals surface area contributed by atoms with E-state index in [9.17, 15) is 9.59 Å². The lowest BCUT2D eigenvalue weighted by Crippen LogP contribution is -2.39. The summed E-state index contributed by atoms with van der Waals surface area (Å²) in [4.78, 5) is 28.8. The fraction of sp³-hybridized carbons (Fsp3) is 0.652. The normalized spacial score (nSPS) is 23.6. The highest BCUT2D eigenvalue weighted by Crippen LogP contribution is 2.24. The minimum Gasteiger partial charge on any atom is -0.343 e. The molecule has 1 aromatic rings. The van der Waals surface area contributed by atoms with Crippen molar-refractivity contribution in [3.05, 3.63) is 35.4 Å². The van der Waals surface area contributed by atoms with Crippen LogP contribution in [0.1, 0.15) is 54.4 Å². The van der Waals surface area contributed by atoms with E-state index in [1.807, 2.05) is 21.9 Å². The zero-order chi connectivity index (χ0) is 19.3. The van der Waals surface area contributed by atoms with Crippen molar-refractivity contribution in [1.29, 1.82) is 0 Å². The van der Waals surface area contributed by atoms with E-state index in [2.05, 4.69) is 17.4 Å². The predicted molar refractivity (Wildman–Crippen MR) is 110 cm³/mol. The average Bonchev–Trinajstić information content (AvgIpc) is 3.38. The van der Waals surface area contributed by atoms with E-state index in [-0.39, 0.29) is 5.91 Å². The SMILES string of the molecule is O=C1CCCN1CCC1CCN(C(=O)c2cccc(CC3CCNC3)c2)CC1. The summed E-state index contributed by atoms with van der Waals surface area (Å²) in [5.41, 5.74) is 2.12. The van der Waals surface area contributed by atoms with Crippen molar-refractivity contribution in [2.75, 3.05) is 39.3 Å². The van der Waals surface area contributed by atoms with E-state index < -0.39 is 0 Å². The second-order valence-electron chi connectivity index (χ2n) is 8.77. The summed E-state index contributed by atoms with van der Waals surface area (Å²) in [6.45, 7) is 5.72. The number of nitrogens with zero attached hydrogens (tertiary/aromatic N) is 2. The predicted octanol–water partition coefficient (Wildman–Crippen LogP) is 2.70. The van der Waals surface area contributed by atoms with E-state index in [4.69, 9.17) is 0 Å². The topological polar surface area (TPSA) is 52.7 Å². The molecule has 3 fully saturated rings. The number of carbonyl (C=O) groups excluding carboxylic acids is 2. The lowest BCUT2D eigenvalue weighted by Gasteiger charge is -2.33. The van der Waals surface area contributed by atoms with E-state index in [0.29, 0.717) is 17.7 Å². The molecule has 0 radical (unpaired) electrons. The molecule has 0 spiro atoms. The van der Waals surface area contributed by atoms with Gasteiger partial charge in [0.1, 0.15) is 0 Å². The summed E-state index contributed by atoms with van der Waals surface area (Å²) in [5, 5.41) is 3.42. The molecule has 1 atom stereocenters. The summed E-state index contributed by atoms with van der Waals surface area (Å²) in [5.74, 6) is 1.84. The summed E-state index contributed by atoms with van der Waals surface area (Å²) in [7, 11) is 0. The molecule has 1 unspecified atom stereocenters. The van der Waals surface area contributed by atoms with Gasteiger partial charge in [-0.25, -0.2) is 0 Å². The Morgan fingerprint density at radius 3 is 2.68 bits per heavy atom. The van der Waals surface area contributed by atoms with Gasteiger partial charge in [0.05, 0.1) is 0 Å². The minimum absolute atomic E-state index is 0.180. The van der Waals surface area contributed by atoms with Crippen LogP contribution in [0.5, 0.6) is 0 Å². The van der Waals surface area contributed by atoms with E-state index in [1.165, 1.54) is 12.0 Å². The molecule has 5 nitrogen and oxygen atoms in total. The number of nitrogens with one attached hydrogen (secondary N) is 1. The van der Waals surface area contributed by atoms with E-state index >= 15 is 0 Å². The molecular weight excluding hydrogens is 350 g/mol. The number of carbonyl (C=O) groups is 2. The lowest BCUT2D eigenvalue weighted by molar-refractivity contribution is -0.127. The van der Waals surface area contributed by atoms with Crippen molar-refractivity contribution in [2.45, 2.75) is 44.9 Å². The molecule has 3 aliphatic heterocycles. The van der Waals surface area contributed by atoms with Gasteiger partial charge in [0.15, 0.2) is 0 Å². The molecule has 4 rings (SSSR count). The molecule has 1 N–H and O–H groups in total. The smallest absolute Gasteiger partial charge is 0.253 e. The van der Waals surface area contributed by atoms with Crippen LogP contribution < -0.4 is 5.32 Å². The van der Waals surface area contributed by atoms with Crippen LogP contribution in [0, 0.1) is 11.8 Å². The lowest BCUT2D eigenvalue weighted by atomic mass is 9.92. The van der Waals surface area contributed by atoms with Crippen molar-refractivity contribution in [2.24, 2.45) is 11.8 Å². The Bertz CT molecular complexity index is 691. The highest BCUT2D eigenvalue weighted by Gasteiger charge is 2.26. The molecule has 5 heteroatoms. The number of piperidine rings is 1. The largest absolute Gasteiger partial charge is 0.343 e. The number of hydrogen-bond acceptors (Lipinski definition) is 3. The maximum Gasteiger partial charge on any atom is 0.253 e. The molecule has 0 saturated carbocycles. The number of hydrogen-bond donors (Lipinski definition) is 1. The Labute approximate surface area is 168 Å². The number of amides is 2. The minimum atomic E-state index is 0.180. The first-order chi connectivity index (χ1) is 13.7. The van der Waals surface area contributed by atoms with Crippen LogP contribution in [0.4, 0.5) is 0 Å². The molecule has 2 amide bonds. The maximum atomic E-state index is 13.0. The van der Waals surface area contributed by atoms with Gasteiger partial charge in [0.2, 0.25) is 5.91 Å². The zero-order valence-corrected chi connectivity index (χ0v) is 16.9. The molecule has 3 heterocycles. The Kier molecular flexibility index (Phi) is 6.30. The van der Waals surface area contributed by atoms with Gasteiger partial charge in [0, 0.05) is 38.2 Å². The number of benzene rings is 1. The maximum absolute atomic E-state index is 13.0. The van der Waals surface area contributed by atoms with Crippen LogP contribution in [0.3, 0.4) is 0 Å². The first kappa shape index (κ1) is 19.4. The molecule has 152 valence electrons. The quantitative estimate of drug-likeness (QED) is 0.822. The van der Waals surface area contributed by atoms with Crippen molar-refractivity contribution >= 4 is 11.8 Å². The van der Waals surface area contributed by atoms with Gasteiger partial charge in [-0.2, -0.15) is 0 Å². The van der Waals surface area contributed by atoms with Crippen LogP contribution in [0.2, 0.25) is 0 Å². The standard InChI is InChI=1S/C23H33N3O2/c27-22-5-2-11-25(22)12-7-18-8-13-26(14-9-18)23(28)21-4-1-3-19(16-21)15-20-6-10-24-17-20/h1,3-4,16,18,20,24H,2,5-15,17H2. The average molecular weight is 384 g/mol. The van der Waals surface area contributed by atoms with Gasteiger partial charge in [0.25, 0.3) is 5.91 Å². The van der Waals surface area contributed by atoms with Gasteiger partial charge in [-0.15, -0.1) is 0 Å². The van der Waals surface area contributed by atoms with Crippen LogP contribution >= 0.6 is 0 Å².